The Morgan fingerprint density at radius 1 is 0.414 bits per heavy atom. The Labute approximate surface area is 203 Å². The van der Waals surface area contributed by atoms with Gasteiger partial charge in [0, 0.05) is 0 Å². The first-order valence-corrected chi connectivity index (χ1v) is 25.9. The zero-order valence-corrected chi connectivity index (χ0v) is 26.7. The van der Waals surface area contributed by atoms with Crippen LogP contribution in [-0.4, -0.2) is 24.2 Å². The second-order valence-electron chi connectivity index (χ2n) is 11.9. The molecule has 0 bridgehead atoms. The topological polar surface area (TPSA) is 0 Å². The molecule has 0 aromatic rings. The molecular formula is C24H39CeClSi3. The zero-order chi connectivity index (χ0) is 21.1. The number of hydrogen-bond donors (Lipinski definition) is 0. The predicted molar refractivity (Wildman–Crippen MR) is 133 cm³/mol. The normalized spacial score (nSPS) is 23.1. The number of halogens is 1. The molecule has 0 atom stereocenters. The van der Waals surface area contributed by atoms with Crippen molar-refractivity contribution in [1.29, 1.82) is 0 Å². The van der Waals surface area contributed by atoms with Crippen LogP contribution in [0.5, 0.6) is 0 Å². The van der Waals surface area contributed by atoms with E-state index in [2.05, 4.69) is 132 Å². The van der Waals surface area contributed by atoms with Crippen LogP contribution < -0.4 is 12.4 Å². The molecule has 3 rings (SSSR count). The molecule has 0 saturated carbocycles. The van der Waals surface area contributed by atoms with Gasteiger partial charge in [-0.2, -0.15) is 0 Å². The molecule has 0 fully saturated rings. The third-order valence-corrected chi connectivity index (χ3v) is 53.5. The minimum atomic E-state index is -2.60. The zero-order valence-electron chi connectivity index (χ0n) is 19.8. The summed E-state index contributed by atoms with van der Waals surface area (Å²) in [5, 5.41) is 0. The summed E-state index contributed by atoms with van der Waals surface area (Å²) >= 11 is -2.60. The van der Waals surface area contributed by atoms with Crippen LogP contribution >= 0.6 is 0 Å². The van der Waals surface area contributed by atoms with E-state index in [-0.39, 0.29) is 12.4 Å². The second kappa shape index (κ2) is 8.27. The Morgan fingerprint density at radius 3 is 0.724 bits per heavy atom. The monoisotopic (exact) mass is 586 g/mol. The van der Waals surface area contributed by atoms with Crippen molar-refractivity contribution in [1.82, 2.24) is 0 Å². The summed E-state index contributed by atoms with van der Waals surface area (Å²) in [5.41, 5.74) is 0. The standard InChI is InChI=1S/3C8H13Si.Ce.ClH/c3*1-9(2,3)8-6-4-5-7-8;;/h3*4-7H,1-3H3;;1H/q;;;+1;/p-1. The van der Waals surface area contributed by atoms with E-state index in [4.69, 9.17) is 0 Å². The van der Waals surface area contributed by atoms with Crippen molar-refractivity contribution < 1.29 is 47.9 Å². The van der Waals surface area contributed by atoms with Crippen LogP contribution in [0, 0.1) is 35.5 Å². The van der Waals surface area contributed by atoms with Gasteiger partial charge in [-0.15, -0.1) is 0 Å². The average Bonchev–Trinajstić information content (AvgIpc) is 3.27. The van der Waals surface area contributed by atoms with E-state index in [1.54, 1.807) is 0 Å². The first kappa shape index (κ1) is 26.0. The first-order valence-electron chi connectivity index (χ1n) is 10.7. The van der Waals surface area contributed by atoms with Gasteiger partial charge < -0.3 is 12.4 Å². The van der Waals surface area contributed by atoms with Crippen LogP contribution in [0.2, 0.25) is 60.6 Å². The molecule has 5 heteroatoms. The Kier molecular flexibility index (Phi) is 7.42. The summed E-state index contributed by atoms with van der Waals surface area (Å²) in [6.45, 7) is 23.7. The van der Waals surface area contributed by atoms with Crippen LogP contribution in [0.25, 0.3) is 0 Å². The van der Waals surface area contributed by atoms with Crippen molar-refractivity contribution in [2.24, 2.45) is 0 Å². The maximum Gasteiger partial charge on any atom is -1.00 e. The molecule has 3 aliphatic rings. The van der Waals surface area contributed by atoms with Crippen LogP contribution in [0.3, 0.4) is 0 Å². The maximum atomic E-state index is 2.70. The van der Waals surface area contributed by atoms with E-state index < -0.39 is 59.7 Å². The van der Waals surface area contributed by atoms with E-state index in [9.17, 15) is 0 Å². The fourth-order valence-corrected chi connectivity index (χ4v) is 55.8. The van der Waals surface area contributed by atoms with Gasteiger partial charge >= 0.3 is 193 Å². The van der Waals surface area contributed by atoms with E-state index in [0.29, 0.717) is 1.67 Å². The van der Waals surface area contributed by atoms with Crippen LogP contribution in [0.1, 0.15) is 0 Å². The van der Waals surface area contributed by atoms with E-state index in [1.807, 2.05) is 0 Å². The van der Waals surface area contributed by atoms with Gasteiger partial charge in [-0.1, -0.05) is 0 Å². The molecular weight excluding hydrogens is 548 g/mol. The summed E-state index contributed by atoms with van der Waals surface area (Å²) in [7, 11) is -4.48. The van der Waals surface area contributed by atoms with Crippen molar-refractivity contribution in [3.05, 3.63) is 72.9 Å². The summed E-state index contributed by atoms with van der Waals surface area (Å²) in [6.07, 6.45) is 30.6. The molecule has 0 aromatic heterocycles. The van der Waals surface area contributed by atoms with Gasteiger partial charge in [0.2, 0.25) is 0 Å². The summed E-state index contributed by atoms with van der Waals surface area (Å²) in [4.78, 5) is 0. The Bertz CT molecular complexity index is 665. The molecule has 0 amide bonds. The van der Waals surface area contributed by atoms with Crippen molar-refractivity contribution in [2.45, 2.75) is 60.6 Å². The fourth-order valence-electron chi connectivity index (χ4n) is 5.56. The average molecular weight is 587 g/mol. The quantitative estimate of drug-likeness (QED) is 0.380. The molecule has 0 aliphatic heterocycles. The maximum absolute atomic E-state index is 2.70. The minimum Gasteiger partial charge on any atom is -1.00 e. The Morgan fingerprint density at radius 2 is 0.586 bits per heavy atom. The van der Waals surface area contributed by atoms with Crippen LogP contribution in [0.4, 0.5) is 0 Å². The predicted octanol–water partition coefficient (Wildman–Crippen LogP) is 5.10. The molecule has 0 aromatic carbocycles. The molecule has 0 N–H and O–H groups in total. The van der Waals surface area contributed by atoms with E-state index in [0.717, 1.165) is 0 Å². The largest absolute Gasteiger partial charge is 1.00 e. The molecule has 0 nitrogen and oxygen atoms in total. The van der Waals surface area contributed by atoms with Crippen LogP contribution in [0.15, 0.2) is 72.9 Å². The van der Waals surface area contributed by atoms with E-state index in [1.165, 1.54) is 0 Å². The smallest absolute Gasteiger partial charge is 1.00 e. The summed E-state index contributed by atoms with van der Waals surface area (Å²) in [6, 6.07) is 0. The summed E-state index contributed by atoms with van der Waals surface area (Å²) in [5.74, 6) is 0. The molecule has 0 saturated heterocycles. The minimum absolute atomic E-state index is 0. The Balaban J connectivity index is 0.00000300. The van der Waals surface area contributed by atoms with Gasteiger partial charge in [-0.25, -0.2) is 0 Å². The molecule has 0 radical (unpaired) electrons. The van der Waals surface area contributed by atoms with Gasteiger partial charge in [0.05, 0.1) is 0 Å². The third-order valence-electron chi connectivity index (χ3n) is 7.45. The van der Waals surface area contributed by atoms with Crippen LogP contribution in [-0.2, 0) is 0 Å². The molecule has 0 heterocycles. The van der Waals surface area contributed by atoms with Gasteiger partial charge in [-0.05, 0) is 0 Å². The molecule has 29 heavy (non-hydrogen) atoms. The van der Waals surface area contributed by atoms with E-state index >= 15 is 0 Å². The number of allylic oxidation sites excluding steroid dienone is 12. The second-order valence-corrected chi connectivity index (χ2v) is 42.7. The SMILES string of the molecule is C[Si](C)(C)[C]1([Ce+]([C]2([Si](C)(C)C)C=CC=C2)[C]2([Si](C)(C)C)C=CC=C2)C=CC=C1.[Cl-]. The third kappa shape index (κ3) is 3.89. The van der Waals surface area contributed by atoms with Crippen molar-refractivity contribution in [3.8, 4) is 0 Å². The van der Waals surface area contributed by atoms with Gasteiger partial charge in [0.15, 0.2) is 0 Å². The molecule has 3 aliphatic carbocycles. The molecule has 0 spiro atoms. The van der Waals surface area contributed by atoms with Crippen molar-refractivity contribution in [3.63, 3.8) is 0 Å². The number of rotatable bonds is 6. The van der Waals surface area contributed by atoms with Gasteiger partial charge in [0.1, 0.15) is 0 Å². The fraction of sp³-hybridized carbons (Fsp3) is 0.500. The van der Waals surface area contributed by atoms with Crippen molar-refractivity contribution in [2.75, 3.05) is 0 Å². The Hall–Kier alpha value is 0.757. The summed E-state index contributed by atoms with van der Waals surface area (Å²) < 4.78 is 1.11. The number of hydrogen-bond acceptors (Lipinski definition) is 0. The molecule has 158 valence electrons. The van der Waals surface area contributed by atoms with Gasteiger partial charge in [0.25, 0.3) is 0 Å². The van der Waals surface area contributed by atoms with Crippen molar-refractivity contribution >= 4 is 24.2 Å². The first-order chi connectivity index (χ1) is 12.7. The van der Waals surface area contributed by atoms with Gasteiger partial charge in [-0.3, -0.25) is 0 Å². The molecule has 0 unspecified atom stereocenters.